The molecule has 4 heteroatoms. The Labute approximate surface area is 81.6 Å². The first-order valence-corrected chi connectivity index (χ1v) is 4.90. The molecule has 1 atom stereocenters. The fraction of sp³-hybridized carbons (Fsp3) is 0.700. The maximum Gasteiger partial charge on any atom is 0.282 e. The van der Waals surface area contributed by atoms with Crippen LogP contribution in [0.25, 0.3) is 0 Å². The van der Waals surface area contributed by atoms with E-state index in [2.05, 4.69) is 0 Å². The molecular weight excluding hydrogens is 188 g/mol. The Hall–Kier alpha value is -0.930. The highest BCUT2D eigenvalue weighted by atomic mass is 19.3. The number of alkyl halides is 2. The van der Waals surface area contributed by atoms with Gasteiger partial charge >= 0.3 is 0 Å². The number of carbonyl (C=O) groups is 1. The van der Waals surface area contributed by atoms with E-state index in [4.69, 9.17) is 0 Å². The van der Waals surface area contributed by atoms with E-state index in [9.17, 15) is 13.6 Å². The van der Waals surface area contributed by atoms with Crippen molar-refractivity contribution in [3.8, 4) is 0 Å². The predicted molar refractivity (Wildman–Crippen MR) is 48.0 cm³/mol. The highest BCUT2D eigenvalue weighted by molar-refractivity contribution is 5.80. The molecule has 1 fully saturated rings. The highest BCUT2D eigenvalue weighted by Gasteiger charge is 2.47. The van der Waals surface area contributed by atoms with Gasteiger partial charge < -0.3 is 4.90 Å². The Balaban J connectivity index is 1.87. The summed E-state index contributed by atoms with van der Waals surface area (Å²) < 4.78 is 25.0. The van der Waals surface area contributed by atoms with Crippen LogP contribution < -0.4 is 0 Å². The molecule has 1 unspecified atom stereocenters. The zero-order chi connectivity index (χ0) is 10.2. The van der Waals surface area contributed by atoms with E-state index in [-0.39, 0.29) is 24.9 Å². The SMILES string of the molecule is O=C(C1CC=CCC1)N1CC(F)(F)C1. The van der Waals surface area contributed by atoms with Gasteiger partial charge in [-0.15, -0.1) is 0 Å². The lowest BCUT2D eigenvalue weighted by atomic mass is 9.92. The minimum atomic E-state index is -2.64. The van der Waals surface area contributed by atoms with Crippen molar-refractivity contribution in [1.29, 1.82) is 0 Å². The summed E-state index contributed by atoms with van der Waals surface area (Å²) in [5, 5.41) is 0. The fourth-order valence-electron chi connectivity index (χ4n) is 1.94. The Morgan fingerprint density at radius 1 is 1.36 bits per heavy atom. The maximum atomic E-state index is 12.5. The number of hydrogen-bond acceptors (Lipinski definition) is 1. The molecule has 0 radical (unpaired) electrons. The smallest absolute Gasteiger partial charge is 0.282 e. The monoisotopic (exact) mass is 201 g/mol. The van der Waals surface area contributed by atoms with Crippen LogP contribution in [0.15, 0.2) is 12.2 Å². The van der Waals surface area contributed by atoms with Gasteiger partial charge in [0.2, 0.25) is 5.91 Å². The quantitative estimate of drug-likeness (QED) is 0.592. The third kappa shape index (κ3) is 1.79. The van der Waals surface area contributed by atoms with E-state index >= 15 is 0 Å². The van der Waals surface area contributed by atoms with Gasteiger partial charge in [0.15, 0.2) is 0 Å². The van der Waals surface area contributed by atoms with E-state index in [1.165, 1.54) is 4.90 Å². The molecule has 2 nitrogen and oxygen atoms in total. The number of halogens is 2. The number of rotatable bonds is 1. The Bertz CT molecular complexity index is 267. The molecule has 78 valence electrons. The van der Waals surface area contributed by atoms with Crippen LogP contribution in [0.1, 0.15) is 19.3 Å². The number of carbonyl (C=O) groups excluding carboxylic acids is 1. The van der Waals surface area contributed by atoms with Crippen LogP contribution >= 0.6 is 0 Å². The lowest BCUT2D eigenvalue weighted by Gasteiger charge is -2.40. The van der Waals surface area contributed by atoms with Crippen LogP contribution in [0.5, 0.6) is 0 Å². The minimum Gasteiger partial charge on any atom is -0.330 e. The molecule has 14 heavy (non-hydrogen) atoms. The molecular formula is C10H13F2NO. The average molecular weight is 201 g/mol. The van der Waals surface area contributed by atoms with Gasteiger partial charge in [0, 0.05) is 5.92 Å². The zero-order valence-electron chi connectivity index (χ0n) is 7.88. The molecule has 0 aromatic rings. The van der Waals surface area contributed by atoms with Gasteiger partial charge in [0.1, 0.15) is 0 Å². The van der Waals surface area contributed by atoms with E-state index < -0.39 is 5.92 Å². The molecule has 2 rings (SSSR count). The van der Waals surface area contributed by atoms with Crippen LogP contribution in [0, 0.1) is 5.92 Å². The van der Waals surface area contributed by atoms with E-state index in [1.54, 1.807) is 0 Å². The summed E-state index contributed by atoms with van der Waals surface area (Å²) in [6, 6.07) is 0. The molecule has 0 spiro atoms. The van der Waals surface area contributed by atoms with Gasteiger partial charge in [0.25, 0.3) is 5.92 Å². The second-order valence-corrected chi connectivity index (χ2v) is 4.03. The van der Waals surface area contributed by atoms with Gasteiger partial charge in [-0.25, -0.2) is 8.78 Å². The number of amides is 1. The van der Waals surface area contributed by atoms with Crippen molar-refractivity contribution in [2.75, 3.05) is 13.1 Å². The van der Waals surface area contributed by atoms with Crippen molar-refractivity contribution in [1.82, 2.24) is 4.90 Å². The van der Waals surface area contributed by atoms with Crippen molar-refractivity contribution >= 4 is 5.91 Å². The first-order valence-electron chi connectivity index (χ1n) is 4.90. The van der Waals surface area contributed by atoms with E-state index in [0.717, 1.165) is 12.8 Å². The Morgan fingerprint density at radius 2 is 2.07 bits per heavy atom. The molecule has 0 saturated carbocycles. The lowest BCUT2D eigenvalue weighted by Crippen LogP contribution is -2.59. The Morgan fingerprint density at radius 3 is 2.57 bits per heavy atom. The van der Waals surface area contributed by atoms with Gasteiger partial charge in [0.05, 0.1) is 13.1 Å². The minimum absolute atomic E-state index is 0.0592. The molecule has 1 amide bonds. The summed E-state index contributed by atoms with van der Waals surface area (Å²) in [4.78, 5) is 12.9. The summed E-state index contributed by atoms with van der Waals surface area (Å²) >= 11 is 0. The predicted octanol–water partition coefficient (Wildman–Crippen LogP) is 1.82. The number of hydrogen-bond donors (Lipinski definition) is 0. The molecule has 0 aromatic heterocycles. The van der Waals surface area contributed by atoms with Gasteiger partial charge in [-0.3, -0.25) is 4.79 Å². The van der Waals surface area contributed by atoms with Crippen LogP contribution in [0.3, 0.4) is 0 Å². The largest absolute Gasteiger partial charge is 0.330 e. The lowest BCUT2D eigenvalue weighted by molar-refractivity contribution is -0.169. The molecule has 1 aliphatic carbocycles. The first kappa shape index (κ1) is 9.62. The van der Waals surface area contributed by atoms with Crippen molar-refractivity contribution in [2.45, 2.75) is 25.2 Å². The summed E-state index contributed by atoms with van der Waals surface area (Å²) in [6.45, 7) is -0.766. The van der Waals surface area contributed by atoms with Gasteiger partial charge in [-0.05, 0) is 19.3 Å². The van der Waals surface area contributed by atoms with Gasteiger partial charge in [-0.1, -0.05) is 12.2 Å². The van der Waals surface area contributed by atoms with Crippen LogP contribution in [0.2, 0.25) is 0 Å². The second-order valence-electron chi connectivity index (χ2n) is 4.03. The van der Waals surface area contributed by atoms with Crippen molar-refractivity contribution in [2.24, 2.45) is 5.92 Å². The zero-order valence-corrected chi connectivity index (χ0v) is 7.88. The number of allylic oxidation sites excluding steroid dienone is 2. The molecule has 2 aliphatic rings. The summed E-state index contributed by atoms with van der Waals surface area (Å²) in [6.07, 6.45) is 6.40. The van der Waals surface area contributed by atoms with Crippen LogP contribution in [-0.2, 0) is 4.79 Å². The standard InChI is InChI=1S/C10H13F2NO/c11-10(12)6-13(7-10)9(14)8-4-2-1-3-5-8/h1-2,8H,3-7H2. The van der Waals surface area contributed by atoms with E-state index in [0.29, 0.717) is 6.42 Å². The molecule has 1 saturated heterocycles. The third-order valence-electron chi connectivity index (χ3n) is 2.77. The van der Waals surface area contributed by atoms with Crippen molar-refractivity contribution < 1.29 is 13.6 Å². The fourth-order valence-corrected chi connectivity index (χ4v) is 1.94. The van der Waals surface area contributed by atoms with Crippen molar-refractivity contribution in [3.05, 3.63) is 12.2 Å². The molecule has 0 aromatic carbocycles. The van der Waals surface area contributed by atoms with Crippen molar-refractivity contribution in [3.63, 3.8) is 0 Å². The maximum absolute atomic E-state index is 12.5. The second kappa shape index (κ2) is 3.33. The summed E-state index contributed by atoms with van der Waals surface area (Å²) in [5.41, 5.74) is 0. The number of nitrogens with zero attached hydrogens (tertiary/aromatic N) is 1. The topological polar surface area (TPSA) is 20.3 Å². The highest BCUT2D eigenvalue weighted by Crippen LogP contribution is 2.30. The van der Waals surface area contributed by atoms with E-state index in [1.807, 2.05) is 12.2 Å². The first-order chi connectivity index (χ1) is 6.58. The Kier molecular flexibility index (Phi) is 2.29. The molecule has 0 N–H and O–H groups in total. The summed E-state index contributed by atoms with van der Waals surface area (Å²) in [7, 11) is 0. The summed E-state index contributed by atoms with van der Waals surface area (Å²) in [5.74, 6) is -2.79. The number of likely N-dealkylation sites (tertiary alicyclic amines) is 1. The molecule has 1 aliphatic heterocycles. The molecule has 1 heterocycles. The average Bonchev–Trinajstić information content (AvgIpc) is 2.14. The van der Waals surface area contributed by atoms with Crippen LogP contribution in [-0.4, -0.2) is 29.8 Å². The third-order valence-corrected chi connectivity index (χ3v) is 2.77. The molecule has 0 bridgehead atoms. The van der Waals surface area contributed by atoms with Crippen LogP contribution in [0.4, 0.5) is 8.78 Å². The normalized spacial score (nSPS) is 29.9. The van der Waals surface area contributed by atoms with Gasteiger partial charge in [-0.2, -0.15) is 0 Å².